The third-order valence-corrected chi connectivity index (χ3v) is 3.61. The number of aromatic nitrogens is 1. The maximum absolute atomic E-state index is 4.52. The first-order valence-electron chi connectivity index (χ1n) is 6.96. The summed E-state index contributed by atoms with van der Waals surface area (Å²) >= 11 is 0. The molecule has 3 rings (SSSR count). The van der Waals surface area contributed by atoms with Crippen molar-refractivity contribution in [2.24, 2.45) is 12.1 Å². The van der Waals surface area contributed by atoms with Gasteiger partial charge in [0.05, 0.1) is 5.69 Å². The number of hydrogen-bond donors (Lipinski definition) is 0. The van der Waals surface area contributed by atoms with Crippen LogP contribution in [0.25, 0.3) is 10.9 Å². The predicted molar refractivity (Wildman–Crippen MR) is 87.6 cm³/mol. The van der Waals surface area contributed by atoms with Gasteiger partial charge in [0.2, 0.25) is 11.2 Å². The van der Waals surface area contributed by atoms with E-state index in [1.807, 2.05) is 48.6 Å². The van der Waals surface area contributed by atoms with Crippen LogP contribution in [-0.2, 0) is 7.05 Å². The molecule has 0 fully saturated rings. The van der Waals surface area contributed by atoms with E-state index in [1.165, 1.54) is 10.9 Å². The minimum Gasteiger partial charge on any atom is -0.268 e. The lowest BCUT2D eigenvalue weighted by Gasteiger charge is -2.11. The largest absolute Gasteiger partial charge is 0.268 e. The molecule has 1 aromatic heterocycles. The second-order valence-electron chi connectivity index (χ2n) is 4.98. The van der Waals surface area contributed by atoms with Crippen LogP contribution in [0.5, 0.6) is 0 Å². The van der Waals surface area contributed by atoms with E-state index in [9.17, 15) is 0 Å². The molecule has 0 N–H and O–H groups in total. The molecular formula is C18H18N3+. The van der Waals surface area contributed by atoms with Gasteiger partial charge >= 0.3 is 0 Å². The fourth-order valence-electron chi connectivity index (χ4n) is 2.35. The summed E-state index contributed by atoms with van der Waals surface area (Å²) in [6.45, 7) is 0. The maximum Gasteiger partial charge on any atom is 0.225 e. The average Bonchev–Trinajstić information content (AvgIpc) is 2.55. The highest BCUT2D eigenvalue weighted by atomic mass is 15.4. The van der Waals surface area contributed by atoms with E-state index in [-0.39, 0.29) is 0 Å². The normalized spacial score (nSPS) is 11.1. The third kappa shape index (κ3) is 2.77. The van der Waals surface area contributed by atoms with Crippen molar-refractivity contribution >= 4 is 22.8 Å². The Kier molecular flexibility index (Phi) is 3.65. The van der Waals surface area contributed by atoms with Crippen molar-refractivity contribution in [1.82, 2.24) is 0 Å². The first-order chi connectivity index (χ1) is 10.3. The number of hydrazone groups is 1. The van der Waals surface area contributed by atoms with Crippen LogP contribution >= 0.6 is 0 Å². The molecule has 3 nitrogen and oxygen atoms in total. The number of para-hydroxylation sites is 2. The summed E-state index contributed by atoms with van der Waals surface area (Å²) < 4.78 is 2.15. The zero-order chi connectivity index (χ0) is 14.7. The number of rotatable bonds is 3. The average molecular weight is 276 g/mol. The Morgan fingerprint density at radius 1 is 0.905 bits per heavy atom. The first kappa shape index (κ1) is 13.3. The van der Waals surface area contributed by atoms with E-state index in [1.54, 1.807) is 0 Å². The molecule has 0 aliphatic heterocycles. The Morgan fingerprint density at radius 2 is 1.62 bits per heavy atom. The van der Waals surface area contributed by atoms with Gasteiger partial charge in [0.25, 0.3) is 0 Å². The molecule has 0 unspecified atom stereocenters. The number of fused-ring (bicyclic) bond motifs is 1. The number of anilines is 1. The van der Waals surface area contributed by atoms with Gasteiger partial charge in [-0.2, -0.15) is 9.67 Å². The Morgan fingerprint density at radius 3 is 2.43 bits per heavy atom. The Hall–Kier alpha value is -2.68. The zero-order valence-electron chi connectivity index (χ0n) is 12.3. The van der Waals surface area contributed by atoms with Crippen LogP contribution < -0.4 is 9.58 Å². The lowest BCUT2D eigenvalue weighted by Crippen LogP contribution is -2.34. The summed E-state index contributed by atoms with van der Waals surface area (Å²) in [6, 6.07) is 22.7. The van der Waals surface area contributed by atoms with Gasteiger partial charge in [-0.05, 0) is 24.3 Å². The van der Waals surface area contributed by atoms with E-state index < -0.39 is 0 Å². The molecule has 0 bridgehead atoms. The van der Waals surface area contributed by atoms with Gasteiger partial charge in [-0.1, -0.05) is 30.3 Å². The molecule has 0 radical (unpaired) electrons. The highest BCUT2D eigenvalue weighted by Gasteiger charge is 2.09. The van der Waals surface area contributed by atoms with Crippen molar-refractivity contribution in [2.45, 2.75) is 0 Å². The molecule has 0 spiro atoms. The standard InChI is InChI=1S/C18H18N3/c1-20-17(13-12-15-8-6-7-11-18(15)20)14-19-21(2)16-9-4-3-5-10-16/h3-14H,1-2H3/q+1. The molecule has 21 heavy (non-hydrogen) atoms. The molecule has 0 saturated heterocycles. The predicted octanol–water partition coefficient (Wildman–Crippen LogP) is 3.13. The SMILES string of the molecule is CN(N=Cc1ccc2ccccc2[n+]1C)c1ccccc1. The van der Waals surface area contributed by atoms with Gasteiger partial charge in [-0.15, -0.1) is 0 Å². The molecule has 3 heteroatoms. The molecule has 3 aromatic rings. The van der Waals surface area contributed by atoms with Gasteiger partial charge in [0.1, 0.15) is 13.3 Å². The van der Waals surface area contributed by atoms with Crippen LogP contribution in [0.3, 0.4) is 0 Å². The Balaban J connectivity index is 1.91. The maximum atomic E-state index is 4.52. The molecule has 0 aliphatic rings. The molecule has 104 valence electrons. The highest BCUT2D eigenvalue weighted by Crippen LogP contribution is 2.12. The molecule has 0 aliphatic carbocycles. The quantitative estimate of drug-likeness (QED) is 0.409. The van der Waals surface area contributed by atoms with Gasteiger partial charge in [0.15, 0.2) is 0 Å². The lowest BCUT2D eigenvalue weighted by molar-refractivity contribution is -0.645. The Bertz CT molecular complexity index is 779. The minimum atomic E-state index is 1.07. The van der Waals surface area contributed by atoms with E-state index in [2.05, 4.69) is 53.1 Å². The zero-order valence-corrected chi connectivity index (χ0v) is 12.3. The molecule has 2 aromatic carbocycles. The van der Waals surface area contributed by atoms with Crippen molar-refractivity contribution in [3.8, 4) is 0 Å². The van der Waals surface area contributed by atoms with E-state index in [0.717, 1.165) is 11.4 Å². The molecular weight excluding hydrogens is 258 g/mol. The number of pyridine rings is 1. The fraction of sp³-hybridized carbons (Fsp3) is 0.111. The third-order valence-electron chi connectivity index (χ3n) is 3.61. The molecule has 0 amide bonds. The van der Waals surface area contributed by atoms with E-state index in [4.69, 9.17) is 0 Å². The van der Waals surface area contributed by atoms with Crippen molar-refractivity contribution in [1.29, 1.82) is 0 Å². The van der Waals surface area contributed by atoms with Gasteiger partial charge in [0, 0.05) is 24.6 Å². The van der Waals surface area contributed by atoms with E-state index >= 15 is 0 Å². The second-order valence-corrected chi connectivity index (χ2v) is 4.98. The minimum absolute atomic E-state index is 1.07. The summed E-state index contributed by atoms with van der Waals surface area (Å²) in [7, 11) is 4.01. The van der Waals surface area contributed by atoms with Crippen LogP contribution in [0, 0.1) is 0 Å². The first-order valence-corrected chi connectivity index (χ1v) is 6.96. The van der Waals surface area contributed by atoms with Crippen molar-refractivity contribution < 1.29 is 4.57 Å². The van der Waals surface area contributed by atoms with Gasteiger partial charge in [-0.25, -0.2) is 0 Å². The summed E-state index contributed by atoms with van der Waals surface area (Å²) in [6.07, 6.45) is 1.89. The number of hydrogen-bond acceptors (Lipinski definition) is 2. The number of nitrogens with zero attached hydrogens (tertiary/aromatic N) is 3. The summed E-state index contributed by atoms with van der Waals surface area (Å²) in [5, 5.41) is 7.62. The van der Waals surface area contributed by atoms with E-state index in [0.29, 0.717) is 0 Å². The fourth-order valence-corrected chi connectivity index (χ4v) is 2.35. The van der Waals surface area contributed by atoms with Crippen molar-refractivity contribution in [3.63, 3.8) is 0 Å². The number of benzene rings is 2. The van der Waals surface area contributed by atoms with Crippen LogP contribution in [0.4, 0.5) is 5.69 Å². The van der Waals surface area contributed by atoms with Crippen LogP contribution in [-0.4, -0.2) is 13.3 Å². The monoisotopic (exact) mass is 276 g/mol. The van der Waals surface area contributed by atoms with Crippen LogP contribution in [0.15, 0.2) is 71.8 Å². The molecule has 0 saturated carbocycles. The summed E-state index contributed by atoms with van der Waals surface area (Å²) in [5.74, 6) is 0. The Labute approximate surface area is 124 Å². The van der Waals surface area contributed by atoms with Gasteiger partial charge in [-0.3, -0.25) is 5.01 Å². The topological polar surface area (TPSA) is 19.5 Å². The lowest BCUT2D eigenvalue weighted by atomic mass is 10.2. The van der Waals surface area contributed by atoms with Crippen LogP contribution in [0.1, 0.15) is 5.69 Å². The summed E-state index contributed by atoms with van der Waals surface area (Å²) in [5.41, 5.74) is 3.33. The highest BCUT2D eigenvalue weighted by molar-refractivity contribution is 5.81. The number of aryl methyl sites for hydroxylation is 1. The van der Waals surface area contributed by atoms with Crippen molar-refractivity contribution in [3.05, 3.63) is 72.4 Å². The summed E-state index contributed by atoms with van der Waals surface area (Å²) in [4.78, 5) is 0. The second kappa shape index (κ2) is 5.75. The van der Waals surface area contributed by atoms with Crippen molar-refractivity contribution in [2.75, 3.05) is 12.1 Å². The molecule has 0 atom stereocenters. The smallest absolute Gasteiger partial charge is 0.225 e. The molecule has 1 heterocycles. The van der Waals surface area contributed by atoms with Gasteiger partial charge < -0.3 is 0 Å². The van der Waals surface area contributed by atoms with Crippen LogP contribution in [0.2, 0.25) is 0 Å².